The Balaban J connectivity index is 1.80. The van der Waals surface area contributed by atoms with Gasteiger partial charge < -0.3 is 11.1 Å². The van der Waals surface area contributed by atoms with E-state index in [1.54, 1.807) is 17.1 Å². The van der Waals surface area contributed by atoms with Crippen molar-refractivity contribution >= 4 is 5.91 Å². The van der Waals surface area contributed by atoms with Crippen molar-refractivity contribution in [2.75, 3.05) is 0 Å². The van der Waals surface area contributed by atoms with E-state index >= 15 is 0 Å². The van der Waals surface area contributed by atoms with E-state index in [0.717, 1.165) is 11.1 Å². The van der Waals surface area contributed by atoms with Crippen LogP contribution in [0, 0.1) is 0 Å². The van der Waals surface area contributed by atoms with Crippen LogP contribution in [-0.2, 0) is 24.4 Å². The second kappa shape index (κ2) is 6.65. The normalized spacial score (nSPS) is 10.4. The molecule has 0 aliphatic heterocycles. The van der Waals surface area contributed by atoms with Crippen LogP contribution in [0.1, 0.15) is 17.5 Å². The molecule has 2 aromatic rings. The number of hydrogen-bond acceptors (Lipinski definition) is 4. The third kappa shape index (κ3) is 3.89. The van der Waals surface area contributed by atoms with Gasteiger partial charge >= 0.3 is 0 Å². The summed E-state index contributed by atoms with van der Waals surface area (Å²) in [6, 6.07) is 7.82. The number of nitrogens with zero attached hydrogens (tertiary/aromatic N) is 3. The zero-order valence-corrected chi connectivity index (χ0v) is 10.6. The lowest BCUT2D eigenvalue weighted by atomic mass is 10.1. The average Bonchev–Trinajstić information content (AvgIpc) is 2.96. The molecular weight excluding hydrogens is 242 g/mol. The molecule has 1 heterocycles. The molecule has 0 radical (unpaired) electrons. The van der Waals surface area contributed by atoms with E-state index in [2.05, 4.69) is 15.6 Å². The standard InChI is InChI=1S/C13H17N5O/c14-9-11-3-1-2-4-12(11)10-15-13(19)5-7-18-8-6-16-17-18/h1-4,6,8H,5,7,9-10,14H2,(H,15,19). The molecule has 1 aromatic carbocycles. The van der Waals surface area contributed by atoms with Gasteiger partial charge in [0.25, 0.3) is 0 Å². The fraction of sp³-hybridized carbons (Fsp3) is 0.308. The van der Waals surface area contributed by atoms with Gasteiger partial charge in [-0.3, -0.25) is 9.48 Å². The first-order valence-corrected chi connectivity index (χ1v) is 6.17. The Labute approximate surface area is 111 Å². The van der Waals surface area contributed by atoms with Gasteiger partial charge in [-0.25, -0.2) is 0 Å². The highest BCUT2D eigenvalue weighted by Gasteiger charge is 2.04. The van der Waals surface area contributed by atoms with E-state index < -0.39 is 0 Å². The van der Waals surface area contributed by atoms with Crippen molar-refractivity contribution in [2.45, 2.75) is 26.1 Å². The van der Waals surface area contributed by atoms with Crippen LogP contribution in [0.3, 0.4) is 0 Å². The molecule has 0 aliphatic rings. The summed E-state index contributed by atoms with van der Waals surface area (Å²) in [5.74, 6) is -0.0117. The molecule has 1 aromatic heterocycles. The average molecular weight is 259 g/mol. The molecule has 6 heteroatoms. The first-order chi connectivity index (χ1) is 9.29. The van der Waals surface area contributed by atoms with Crippen LogP contribution >= 0.6 is 0 Å². The van der Waals surface area contributed by atoms with Crippen LogP contribution in [0.25, 0.3) is 0 Å². The Morgan fingerprint density at radius 1 is 1.32 bits per heavy atom. The minimum atomic E-state index is -0.0117. The zero-order chi connectivity index (χ0) is 13.5. The van der Waals surface area contributed by atoms with Crippen molar-refractivity contribution in [1.29, 1.82) is 0 Å². The fourth-order valence-corrected chi connectivity index (χ4v) is 1.78. The molecule has 0 spiro atoms. The van der Waals surface area contributed by atoms with Crippen LogP contribution in [0.5, 0.6) is 0 Å². The van der Waals surface area contributed by atoms with E-state index in [1.165, 1.54) is 0 Å². The number of nitrogens with two attached hydrogens (primary N) is 1. The molecule has 100 valence electrons. The molecule has 1 amide bonds. The number of aromatic nitrogens is 3. The van der Waals surface area contributed by atoms with Gasteiger partial charge in [-0.15, -0.1) is 5.10 Å². The maximum absolute atomic E-state index is 11.7. The number of aryl methyl sites for hydroxylation is 1. The second-order valence-electron chi connectivity index (χ2n) is 4.17. The third-order valence-electron chi connectivity index (χ3n) is 2.85. The molecule has 3 N–H and O–H groups in total. The summed E-state index contributed by atoms with van der Waals surface area (Å²) in [5.41, 5.74) is 7.76. The Morgan fingerprint density at radius 2 is 2.11 bits per heavy atom. The maximum Gasteiger partial charge on any atom is 0.222 e. The van der Waals surface area contributed by atoms with Crippen molar-refractivity contribution in [1.82, 2.24) is 20.3 Å². The van der Waals surface area contributed by atoms with Crippen molar-refractivity contribution in [3.05, 3.63) is 47.8 Å². The van der Waals surface area contributed by atoms with Crippen LogP contribution in [0.2, 0.25) is 0 Å². The Morgan fingerprint density at radius 3 is 2.79 bits per heavy atom. The number of rotatable bonds is 6. The largest absolute Gasteiger partial charge is 0.352 e. The van der Waals surface area contributed by atoms with Crippen molar-refractivity contribution in [3.63, 3.8) is 0 Å². The smallest absolute Gasteiger partial charge is 0.222 e. The Bertz CT molecular complexity index is 524. The number of carbonyl (C=O) groups is 1. The minimum absolute atomic E-state index is 0.0117. The Hall–Kier alpha value is -2.21. The van der Waals surface area contributed by atoms with E-state index in [1.807, 2.05) is 24.3 Å². The maximum atomic E-state index is 11.7. The Kier molecular flexibility index (Phi) is 4.63. The number of benzene rings is 1. The lowest BCUT2D eigenvalue weighted by Gasteiger charge is -2.09. The molecule has 6 nitrogen and oxygen atoms in total. The topological polar surface area (TPSA) is 85.8 Å². The third-order valence-corrected chi connectivity index (χ3v) is 2.85. The fourth-order valence-electron chi connectivity index (χ4n) is 1.78. The minimum Gasteiger partial charge on any atom is -0.352 e. The van der Waals surface area contributed by atoms with Crippen molar-refractivity contribution < 1.29 is 4.79 Å². The predicted molar refractivity (Wildman–Crippen MR) is 70.8 cm³/mol. The summed E-state index contributed by atoms with van der Waals surface area (Å²) in [5, 5.41) is 10.4. The molecule has 19 heavy (non-hydrogen) atoms. The van der Waals surface area contributed by atoms with Gasteiger partial charge in [0.1, 0.15) is 0 Å². The number of carbonyl (C=O) groups excluding carboxylic acids is 1. The van der Waals surface area contributed by atoms with Crippen molar-refractivity contribution in [3.8, 4) is 0 Å². The van der Waals surface area contributed by atoms with Gasteiger partial charge in [0, 0.05) is 25.7 Å². The lowest BCUT2D eigenvalue weighted by Crippen LogP contribution is -2.24. The number of nitrogens with one attached hydrogen (secondary N) is 1. The molecule has 0 aliphatic carbocycles. The zero-order valence-electron chi connectivity index (χ0n) is 10.6. The highest BCUT2D eigenvalue weighted by atomic mass is 16.1. The van der Waals surface area contributed by atoms with E-state index in [-0.39, 0.29) is 5.91 Å². The molecular formula is C13H17N5O. The number of hydrogen-bond donors (Lipinski definition) is 2. The van der Waals surface area contributed by atoms with Gasteiger partial charge in [0.15, 0.2) is 0 Å². The summed E-state index contributed by atoms with van der Waals surface area (Å²) in [6.07, 6.45) is 3.71. The van der Waals surface area contributed by atoms with Gasteiger partial charge in [0.2, 0.25) is 5.91 Å². The number of amides is 1. The van der Waals surface area contributed by atoms with Gasteiger partial charge in [-0.1, -0.05) is 29.5 Å². The van der Waals surface area contributed by atoms with E-state index in [9.17, 15) is 4.79 Å². The predicted octanol–water partition coefficient (Wildman–Crippen LogP) is 0.443. The van der Waals surface area contributed by atoms with Crippen LogP contribution < -0.4 is 11.1 Å². The summed E-state index contributed by atoms with van der Waals surface area (Å²) < 4.78 is 1.63. The molecule has 0 bridgehead atoms. The van der Waals surface area contributed by atoms with E-state index in [0.29, 0.717) is 26.1 Å². The van der Waals surface area contributed by atoms with Crippen molar-refractivity contribution in [2.24, 2.45) is 5.73 Å². The molecule has 0 saturated carbocycles. The second-order valence-corrected chi connectivity index (χ2v) is 4.17. The first kappa shape index (κ1) is 13.2. The van der Waals surface area contributed by atoms with Crippen LogP contribution in [0.15, 0.2) is 36.7 Å². The summed E-state index contributed by atoms with van der Waals surface area (Å²) >= 11 is 0. The van der Waals surface area contributed by atoms with Gasteiger partial charge in [-0.05, 0) is 11.1 Å². The summed E-state index contributed by atoms with van der Waals surface area (Å²) in [7, 11) is 0. The quantitative estimate of drug-likeness (QED) is 0.788. The van der Waals surface area contributed by atoms with Crippen LogP contribution in [-0.4, -0.2) is 20.9 Å². The molecule has 0 saturated heterocycles. The monoisotopic (exact) mass is 259 g/mol. The van der Waals surface area contributed by atoms with E-state index in [4.69, 9.17) is 5.73 Å². The van der Waals surface area contributed by atoms with Gasteiger partial charge in [-0.2, -0.15) is 0 Å². The highest BCUT2D eigenvalue weighted by molar-refractivity contribution is 5.75. The molecule has 0 unspecified atom stereocenters. The highest BCUT2D eigenvalue weighted by Crippen LogP contribution is 2.07. The molecule has 0 fully saturated rings. The van der Waals surface area contributed by atoms with Gasteiger partial charge in [0.05, 0.1) is 12.7 Å². The SMILES string of the molecule is NCc1ccccc1CNC(=O)CCn1ccnn1. The lowest BCUT2D eigenvalue weighted by molar-refractivity contribution is -0.121. The molecule has 0 atom stereocenters. The summed E-state index contributed by atoms with van der Waals surface area (Å²) in [4.78, 5) is 11.7. The van der Waals surface area contributed by atoms with Crippen LogP contribution in [0.4, 0.5) is 0 Å². The molecule has 2 rings (SSSR count). The first-order valence-electron chi connectivity index (χ1n) is 6.17. The summed E-state index contributed by atoms with van der Waals surface area (Å²) in [6.45, 7) is 1.51.